The van der Waals surface area contributed by atoms with Gasteiger partial charge in [-0.25, -0.2) is 8.42 Å². The molecule has 158 valence electrons. The van der Waals surface area contributed by atoms with Gasteiger partial charge in [0.2, 0.25) is 15.9 Å². The lowest BCUT2D eigenvalue weighted by Gasteiger charge is -2.29. The van der Waals surface area contributed by atoms with Crippen molar-refractivity contribution < 1.29 is 17.9 Å². The molecule has 0 bridgehead atoms. The van der Waals surface area contributed by atoms with E-state index in [0.717, 1.165) is 23.4 Å². The smallest absolute Gasteiger partial charge is 0.243 e. The van der Waals surface area contributed by atoms with Crippen LogP contribution in [0, 0.1) is 6.92 Å². The number of amides is 1. The lowest BCUT2D eigenvalue weighted by molar-refractivity contribution is -0.121. The summed E-state index contributed by atoms with van der Waals surface area (Å²) in [5.74, 6) is -0.0689. The SMILES string of the molecule is COc1ccc(Cl)cc1N(C(C)C(=O)NCCCc1cccc(C)c1)S(C)(=O)=O. The molecular weight excluding hydrogens is 412 g/mol. The molecular formula is C21H27ClN2O4S. The zero-order valence-corrected chi connectivity index (χ0v) is 18.7. The average molecular weight is 439 g/mol. The Morgan fingerprint density at radius 3 is 2.59 bits per heavy atom. The first-order chi connectivity index (χ1) is 13.6. The molecule has 29 heavy (non-hydrogen) atoms. The van der Waals surface area contributed by atoms with Crippen molar-refractivity contribution in [2.75, 3.05) is 24.2 Å². The number of hydrogen-bond donors (Lipinski definition) is 1. The van der Waals surface area contributed by atoms with Gasteiger partial charge < -0.3 is 10.1 Å². The highest BCUT2D eigenvalue weighted by atomic mass is 35.5. The molecule has 0 aliphatic carbocycles. The van der Waals surface area contributed by atoms with E-state index in [1.165, 1.54) is 31.2 Å². The Labute approximate surface area is 177 Å². The minimum Gasteiger partial charge on any atom is -0.495 e. The Morgan fingerprint density at radius 2 is 1.97 bits per heavy atom. The maximum Gasteiger partial charge on any atom is 0.243 e. The molecule has 0 saturated heterocycles. The topological polar surface area (TPSA) is 75.7 Å². The number of carbonyl (C=O) groups is 1. The Morgan fingerprint density at radius 1 is 1.24 bits per heavy atom. The van der Waals surface area contributed by atoms with Crippen molar-refractivity contribution in [2.45, 2.75) is 32.7 Å². The summed E-state index contributed by atoms with van der Waals surface area (Å²) in [6.07, 6.45) is 2.63. The molecule has 0 radical (unpaired) electrons. The van der Waals surface area contributed by atoms with E-state index >= 15 is 0 Å². The number of ether oxygens (including phenoxy) is 1. The molecule has 1 N–H and O–H groups in total. The van der Waals surface area contributed by atoms with Crippen LogP contribution in [0.2, 0.25) is 5.02 Å². The molecule has 6 nitrogen and oxygen atoms in total. The summed E-state index contributed by atoms with van der Waals surface area (Å²) in [5, 5.41) is 3.17. The van der Waals surface area contributed by atoms with Crippen molar-refractivity contribution in [3.63, 3.8) is 0 Å². The van der Waals surface area contributed by atoms with Gasteiger partial charge >= 0.3 is 0 Å². The Hall–Kier alpha value is -2.25. The van der Waals surface area contributed by atoms with Crippen LogP contribution >= 0.6 is 11.6 Å². The fourth-order valence-electron chi connectivity index (χ4n) is 3.14. The van der Waals surface area contributed by atoms with E-state index in [1.807, 2.05) is 25.1 Å². The van der Waals surface area contributed by atoms with Crippen LogP contribution in [0.1, 0.15) is 24.5 Å². The van der Waals surface area contributed by atoms with Crippen molar-refractivity contribution in [3.05, 3.63) is 58.6 Å². The molecule has 2 rings (SSSR count). The number of rotatable bonds is 9. The standard InChI is InChI=1S/C21H27ClN2O4S/c1-15-7-5-8-17(13-15)9-6-12-23-21(25)16(2)24(29(4,26)27)19-14-18(22)10-11-20(19)28-3/h5,7-8,10-11,13-14,16H,6,9,12H2,1-4H3,(H,23,25). The minimum absolute atomic E-state index is 0.227. The number of benzene rings is 2. The van der Waals surface area contributed by atoms with Gasteiger partial charge in [0.05, 0.1) is 19.1 Å². The molecule has 8 heteroatoms. The Kier molecular flexibility index (Phi) is 7.93. The van der Waals surface area contributed by atoms with E-state index in [0.29, 0.717) is 17.3 Å². The lowest BCUT2D eigenvalue weighted by atomic mass is 10.1. The van der Waals surface area contributed by atoms with Crippen molar-refractivity contribution in [1.82, 2.24) is 5.32 Å². The van der Waals surface area contributed by atoms with E-state index in [2.05, 4.69) is 11.4 Å². The number of sulfonamides is 1. The number of carbonyl (C=O) groups excluding carboxylic acids is 1. The molecule has 0 heterocycles. The Balaban J connectivity index is 2.08. The maximum absolute atomic E-state index is 12.7. The average Bonchev–Trinajstić information content (AvgIpc) is 2.64. The second kappa shape index (κ2) is 9.98. The van der Waals surface area contributed by atoms with Gasteiger partial charge in [-0.2, -0.15) is 0 Å². The van der Waals surface area contributed by atoms with E-state index in [4.69, 9.17) is 16.3 Å². The first kappa shape index (κ1) is 23.0. The molecule has 0 spiro atoms. The zero-order chi connectivity index (χ0) is 21.6. The van der Waals surface area contributed by atoms with Crippen LogP contribution in [0.15, 0.2) is 42.5 Å². The molecule has 0 aromatic heterocycles. The molecule has 0 aliphatic heterocycles. The van der Waals surface area contributed by atoms with Gasteiger partial charge in [0.25, 0.3) is 0 Å². The maximum atomic E-state index is 12.7. The van der Waals surface area contributed by atoms with Gasteiger partial charge in [0, 0.05) is 11.6 Å². The van der Waals surface area contributed by atoms with Crippen LogP contribution in [-0.2, 0) is 21.2 Å². The number of nitrogens with one attached hydrogen (secondary N) is 1. The summed E-state index contributed by atoms with van der Waals surface area (Å²) in [4.78, 5) is 12.7. The second-order valence-corrected chi connectivity index (χ2v) is 9.23. The predicted octanol–water partition coefficient (Wildman–Crippen LogP) is 3.56. The number of nitrogens with zero attached hydrogens (tertiary/aromatic N) is 1. The number of anilines is 1. The predicted molar refractivity (Wildman–Crippen MR) is 117 cm³/mol. The third kappa shape index (κ3) is 6.37. The third-order valence-corrected chi connectivity index (χ3v) is 5.95. The van der Waals surface area contributed by atoms with Crippen LogP contribution < -0.4 is 14.4 Å². The number of halogens is 1. The fourth-order valence-corrected chi connectivity index (χ4v) is 4.47. The first-order valence-corrected chi connectivity index (χ1v) is 11.5. The van der Waals surface area contributed by atoms with Crippen LogP contribution in [0.25, 0.3) is 0 Å². The van der Waals surface area contributed by atoms with Crippen molar-refractivity contribution in [1.29, 1.82) is 0 Å². The molecule has 1 amide bonds. The fraction of sp³-hybridized carbons (Fsp3) is 0.381. The van der Waals surface area contributed by atoms with Crippen LogP contribution in [0.4, 0.5) is 5.69 Å². The summed E-state index contributed by atoms with van der Waals surface area (Å²) in [6, 6.07) is 11.9. The highest BCUT2D eigenvalue weighted by Crippen LogP contribution is 2.34. The molecule has 1 unspecified atom stereocenters. The van der Waals surface area contributed by atoms with Crippen LogP contribution in [0.5, 0.6) is 5.75 Å². The number of methoxy groups -OCH3 is 1. The monoisotopic (exact) mass is 438 g/mol. The van der Waals surface area contributed by atoms with E-state index in [-0.39, 0.29) is 11.6 Å². The molecule has 0 aliphatic rings. The van der Waals surface area contributed by atoms with E-state index < -0.39 is 16.1 Å². The summed E-state index contributed by atoms with van der Waals surface area (Å²) < 4.78 is 31.2. The summed E-state index contributed by atoms with van der Waals surface area (Å²) >= 11 is 6.05. The summed E-state index contributed by atoms with van der Waals surface area (Å²) in [5.41, 5.74) is 2.62. The van der Waals surface area contributed by atoms with Crippen LogP contribution in [0.3, 0.4) is 0 Å². The van der Waals surface area contributed by atoms with Gasteiger partial charge in [0.15, 0.2) is 0 Å². The van der Waals surface area contributed by atoms with Crippen molar-refractivity contribution in [2.24, 2.45) is 0 Å². The summed E-state index contributed by atoms with van der Waals surface area (Å²) in [7, 11) is -2.32. The lowest BCUT2D eigenvalue weighted by Crippen LogP contribution is -2.48. The zero-order valence-electron chi connectivity index (χ0n) is 17.1. The van der Waals surface area contributed by atoms with Crippen LogP contribution in [-0.4, -0.2) is 40.3 Å². The van der Waals surface area contributed by atoms with Gasteiger partial charge in [-0.1, -0.05) is 41.4 Å². The minimum atomic E-state index is -3.76. The molecule has 2 aromatic carbocycles. The summed E-state index contributed by atoms with van der Waals surface area (Å²) in [6.45, 7) is 4.02. The molecule has 0 fully saturated rings. The van der Waals surface area contributed by atoms with Gasteiger partial charge in [-0.3, -0.25) is 9.10 Å². The third-order valence-electron chi connectivity index (χ3n) is 4.49. The Bertz CT molecular complexity index is 963. The highest BCUT2D eigenvalue weighted by Gasteiger charge is 2.31. The second-order valence-electron chi connectivity index (χ2n) is 6.93. The first-order valence-electron chi connectivity index (χ1n) is 9.29. The van der Waals surface area contributed by atoms with Crippen molar-refractivity contribution in [3.8, 4) is 5.75 Å². The van der Waals surface area contributed by atoms with Gasteiger partial charge in [-0.15, -0.1) is 0 Å². The van der Waals surface area contributed by atoms with Gasteiger partial charge in [0.1, 0.15) is 11.8 Å². The normalized spacial score (nSPS) is 12.3. The number of aryl methyl sites for hydroxylation is 2. The van der Waals surface area contributed by atoms with Gasteiger partial charge in [-0.05, 0) is 50.5 Å². The van der Waals surface area contributed by atoms with Crippen molar-refractivity contribution >= 4 is 33.2 Å². The largest absolute Gasteiger partial charge is 0.495 e. The quantitative estimate of drug-likeness (QED) is 0.607. The number of hydrogen-bond acceptors (Lipinski definition) is 4. The highest BCUT2D eigenvalue weighted by molar-refractivity contribution is 7.92. The van der Waals surface area contributed by atoms with E-state index in [9.17, 15) is 13.2 Å². The molecule has 1 atom stereocenters. The molecule has 0 saturated carbocycles. The molecule has 2 aromatic rings. The van der Waals surface area contributed by atoms with E-state index in [1.54, 1.807) is 12.1 Å².